The maximum absolute atomic E-state index is 3.64. The maximum atomic E-state index is 3.64. The van der Waals surface area contributed by atoms with E-state index in [1.165, 1.54) is 48.6 Å². The molecule has 0 saturated heterocycles. The van der Waals surface area contributed by atoms with Gasteiger partial charge in [-0.15, -0.1) is 0 Å². The van der Waals surface area contributed by atoms with Crippen LogP contribution in [0, 0.1) is 5.92 Å². The number of rotatable bonds is 4. The lowest BCUT2D eigenvalue weighted by Gasteiger charge is -2.20. The van der Waals surface area contributed by atoms with Gasteiger partial charge in [0.2, 0.25) is 0 Å². The van der Waals surface area contributed by atoms with Crippen LogP contribution in [0.15, 0.2) is 28.7 Å². The van der Waals surface area contributed by atoms with Crippen molar-refractivity contribution in [3.05, 3.63) is 34.3 Å². The van der Waals surface area contributed by atoms with Crippen molar-refractivity contribution in [2.45, 2.75) is 51.5 Å². The van der Waals surface area contributed by atoms with Crippen LogP contribution in [0.1, 0.15) is 44.6 Å². The van der Waals surface area contributed by atoms with Crippen molar-refractivity contribution >= 4 is 15.9 Å². The predicted molar refractivity (Wildman–Crippen MR) is 81.9 cm³/mol. The lowest BCUT2D eigenvalue weighted by Crippen LogP contribution is -2.30. The summed E-state index contributed by atoms with van der Waals surface area (Å²) in [6.07, 6.45) is 8.17. The molecule has 0 bridgehead atoms. The predicted octanol–water partition coefficient (Wildman–Crippen LogP) is 4.55. The van der Waals surface area contributed by atoms with Gasteiger partial charge in [0.25, 0.3) is 0 Å². The van der Waals surface area contributed by atoms with Gasteiger partial charge in [0, 0.05) is 10.5 Å². The fourth-order valence-corrected chi connectivity index (χ4v) is 3.34. The Hall–Kier alpha value is -0.340. The third-order valence-corrected chi connectivity index (χ3v) is 4.49. The molecular weight excluding hydrogens is 286 g/mol. The Morgan fingerprint density at radius 1 is 1.17 bits per heavy atom. The van der Waals surface area contributed by atoms with E-state index >= 15 is 0 Å². The summed E-state index contributed by atoms with van der Waals surface area (Å²) in [7, 11) is 0. The van der Waals surface area contributed by atoms with Gasteiger partial charge < -0.3 is 5.32 Å². The molecule has 1 aliphatic carbocycles. The minimum absolute atomic E-state index is 0.748. The molecular formula is C16H24BrN. The van der Waals surface area contributed by atoms with Gasteiger partial charge in [0.15, 0.2) is 0 Å². The second kappa shape index (κ2) is 7.30. The first-order valence-electron chi connectivity index (χ1n) is 7.25. The monoisotopic (exact) mass is 309 g/mol. The number of hydrogen-bond donors (Lipinski definition) is 1. The number of nitrogens with one attached hydrogen (secondary N) is 1. The van der Waals surface area contributed by atoms with E-state index in [2.05, 4.69) is 52.4 Å². The highest BCUT2D eigenvalue weighted by molar-refractivity contribution is 9.10. The molecule has 1 aliphatic rings. The van der Waals surface area contributed by atoms with Crippen LogP contribution in [0.2, 0.25) is 0 Å². The van der Waals surface area contributed by atoms with E-state index in [-0.39, 0.29) is 0 Å². The number of hydrogen-bond acceptors (Lipinski definition) is 1. The van der Waals surface area contributed by atoms with E-state index in [1.54, 1.807) is 0 Å². The van der Waals surface area contributed by atoms with Crippen molar-refractivity contribution in [2.24, 2.45) is 5.92 Å². The molecule has 2 unspecified atom stereocenters. The molecule has 0 spiro atoms. The van der Waals surface area contributed by atoms with Crippen LogP contribution >= 0.6 is 15.9 Å². The van der Waals surface area contributed by atoms with E-state index in [0.717, 1.165) is 18.5 Å². The molecule has 2 rings (SSSR count). The quantitative estimate of drug-likeness (QED) is 0.805. The smallest absolute Gasteiger partial charge is 0.0175 e. The van der Waals surface area contributed by atoms with Gasteiger partial charge >= 0.3 is 0 Å². The van der Waals surface area contributed by atoms with Crippen LogP contribution < -0.4 is 5.32 Å². The Kier molecular flexibility index (Phi) is 5.71. The van der Waals surface area contributed by atoms with Crippen LogP contribution in [0.3, 0.4) is 0 Å². The molecule has 0 radical (unpaired) electrons. The summed E-state index contributed by atoms with van der Waals surface area (Å²) in [5.74, 6) is 0.859. The van der Waals surface area contributed by atoms with Gasteiger partial charge in [-0.3, -0.25) is 0 Å². The van der Waals surface area contributed by atoms with Gasteiger partial charge in [-0.05, 0) is 49.4 Å². The molecule has 1 aromatic rings. The molecule has 0 amide bonds. The summed E-state index contributed by atoms with van der Waals surface area (Å²) in [5, 5.41) is 3.64. The van der Waals surface area contributed by atoms with E-state index in [1.807, 2.05) is 0 Å². The summed E-state index contributed by atoms with van der Waals surface area (Å²) in [4.78, 5) is 0. The van der Waals surface area contributed by atoms with Crippen molar-refractivity contribution in [1.29, 1.82) is 0 Å². The summed E-state index contributed by atoms with van der Waals surface area (Å²) in [6, 6.07) is 9.59. The zero-order chi connectivity index (χ0) is 12.8. The third-order valence-electron chi connectivity index (χ3n) is 3.96. The van der Waals surface area contributed by atoms with E-state index < -0.39 is 0 Å². The standard InChI is InChI=1S/C16H24BrN/c1-2-18-16-6-4-3-5-14(12-16)11-13-7-9-15(17)10-8-13/h7-10,14,16,18H,2-6,11-12H2,1H3. The lowest BCUT2D eigenvalue weighted by atomic mass is 9.91. The largest absolute Gasteiger partial charge is 0.314 e. The van der Waals surface area contributed by atoms with Crippen LogP contribution in [-0.4, -0.2) is 12.6 Å². The molecule has 1 aromatic carbocycles. The summed E-state index contributed by atoms with van der Waals surface area (Å²) in [6.45, 7) is 3.32. The Balaban J connectivity index is 1.92. The van der Waals surface area contributed by atoms with Gasteiger partial charge in [0.05, 0.1) is 0 Å². The SMILES string of the molecule is CCNC1CCCCC(Cc2ccc(Br)cc2)C1. The second-order valence-electron chi connectivity index (χ2n) is 5.47. The normalized spacial score (nSPS) is 24.8. The molecule has 1 fully saturated rings. The fraction of sp³-hybridized carbons (Fsp3) is 0.625. The number of halogens is 1. The summed E-state index contributed by atoms with van der Waals surface area (Å²) in [5.41, 5.74) is 1.49. The molecule has 2 atom stereocenters. The Morgan fingerprint density at radius 2 is 1.89 bits per heavy atom. The van der Waals surface area contributed by atoms with Crippen molar-refractivity contribution in [3.8, 4) is 0 Å². The average molecular weight is 310 g/mol. The van der Waals surface area contributed by atoms with Crippen molar-refractivity contribution in [1.82, 2.24) is 5.32 Å². The van der Waals surface area contributed by atoms with E-state index in [4.69, 9.17) is 0 Å². The molecule has 0 aromatic heterocycles. The van der Waals surface area contributed by atoms with Crippen molar-refractivity contribution < 1.29 is 0 Å². The van der Waals surface area contributed by atoms with Gasteiger partial charge in [0.1, 0.15) is 0 Å². The number of benzene rings is 1. The Bertz CT molecular complexity index is 347. The van der Waals surface area contributed by atoms with Crippen LogP contribution in [0.5, 0.6) is 0 Å². The highest BCUT2D eigenvalue weighted by Crippen LogP contribution is 2.26. The van der Waals surface area contributed by atoms with Crippen LogP contribution in [-0.2, 0) is 6.42 Å². The third kappa shape index (κ3) is 4.40. The first-order valence-corrected chi connectivity index (χ1v) is 8.05. The van der Waals surface area contributed by atoms with E-state index in [0.29, 0.717) is 0 Å². The fourth-order valence-electron chi connectivity index (χ4n) is 3.08. The molecule has 2 heteroatoms. The minimum Gasteiger partial charge on any atom is -0.314 e. The van der Waals surface area contributed by atoms with Gasteiger partial charge in [-0.25, -0.2) is 0 Å². The van der Waals surface area contributed by atoms with Crippen molar-refractivity contribution in [3.63, 3.8) is 0 Å². The van der Waals surface area contributed by atoms with Crippen LogP contribution in [0.4, 0.5) is 0 Å². The van der Waals surface area contributed by atoms with E-state index in [9.17, 15) is 0 Å². The van der Waals surface area contributed by atoms with Crippen LogP contribution in [0.25, 0.3) is 0 Å². The van der Waals surface area contributed by atoms with Gasteiger partial charge in [-0.2, -0.15) is 0 Å². The Morgan fingerprint density at radius 3 is 2.61 bits per heavy atom. The molecule has 18 heavy (non-hydrogen) atoms. The van der Waals surface area contributed by atoms with Gasteiger partial charge in [-0.1, -0.05) is 54.2 Å². The minimum atomic E-state index is 0.748. The molecule has 100 valence electrons. The molecule has 0 heterocycles. The highest BCUT2D eigenvalue weighted by Gasteiger charge is 2.19. The summed E-state index contributed by atoms with van der Waals surface area (Å²) < 4.78 is 1.18. The van der Waals surface area contributed by atoms with Crippen molar-refractivity contribution in [2.75, 3.05) is 6.54 Å². The molecule has 1 N–H and O–H groups in total. The molecule has 0 aliphatic heterocycles. The zero-order valence-corrected chi connectivity index (χ0v) is 12.9. The summed E-state index contributed by atoms with van der Waals surface area (Å²) >= 11 is 3.50. The first-order chi connectivity index (χ1) is 8.78. The lowest BCUT2D eigenvalue weighted by molar-refractivity contribution is 0.389. The maximum Gasteiger partial charge on any atom is 0.0175 e. The highest BCUT2D eigenvalue weighted by atomic mass is 79.9. The second-order valence-corrected chi connectivity index (χ2v) is 6.39. The topological polar surface area (TPSA) is 12.0 Å². The average Bonchev–Trinajstić information content (AvgIpc) is 2.58. The molecule has 1 nitrogen and oxygen atoms in total. The first kappa shape index (κ1) is 14.1. The molecule has 1 saturated carbocycles. The Labute approximate surface area is 119 Å². The zero-order valence-electron chi connectivity index (χ0n) is 11.3.